The standard InChI is InChI=1S/C30H36N8O10S2/c1-15-16(10-18(39)6-5-8-32-9-7-21(41)42)12-37(36(15)4)13-17-14-49-26-19(25(43)38(26)23(17)27(44)45)11-20(40)22(24-33-29(31)50-35-24)34-48-30(2,3)28(46)47/h9,12,19,26H,5-8,10-11,13-14H2,1-4H3,(H4-,31,33,35,41,42,44,45,46,47)/b32-9?,34-22+/t19-,26-/m1/s1. The first-order chi connectivity index (χ1) is 23.5. The van der Waals surface area contributed by atoms with Gasteiger partial charge in [-0.2, -0.15) is 14.0 Å². The lowest BCUT2D eigenvalue weighted by atomic mass is 9.89. The summed E-state index contributed by atoms with van der Waals surface area (Å²) in [5.41, 5.74) is 5.08. The monoisotopic (exact) mass is 732 g/mol. The number of amides is 1. The molecule has 2 aliphatic heterocycles. The topological polar surface area (TPSA) is 264 Å². The van der Waals surface area contributed by atoms with Crippen molar-refractivity contribution < 1.29 is 53.6 Å². The van der Waals surface area contributed by atoms with E-state index < -0.39 is 58.6 Å². The smallest absolute Gasteiger partial charge is 0.350 e. The molecule has 50 heavy (non-hydrogen) atoms. The van der Waals surface area contributed by atoms with Crippen LogP contribution >= 0.6 is 23.3 Å². The largest absolute Gasteiger partial charge is 0.543 e. The van der Waals surface area contributed by atoms with Gasteiger partial charge in [-0.15, -0.1) is 16.4 Å². The number of ketones is 2. The van der Waals surface area contributed by atoms with Gasteiger partial charge in [0.1, 0.15) is 5.78 Å². The second kappa shape index (κ2) is 15.7. The summed E-state index contributed by atoms with van der Waals surface area (Å²) in [6.45, 7) is 4.71. The molecule has 2 atom stereocenters. The van der Waals surface area contributed by atoms with E-state index in [4.69, 9.17) is 15.7 Å². The van der Waals surface area contributed by atoms with Gasteiger partial charge in [-0.25, -0.2) is 4.79 Å². The van der Waals surface area contributed by atoms with E-state index in [1.54, 1.807) is 22.6 Å². The number of nitrogens with zero attached hydrogens (tertiary/aromatic N) is 7. The van der Waals surface area contributed by atoms with Crippen molar-refractivity contribution in [3.05, 3.63) is 34.5 Å². The number of carboxylic acid groups (broad SMARTS) is 3. The Hall–Kier alpha value is -4.98. The SMILES string of the molecule is Cc1c(CC(=O)CCCN=CCC(=O)O)c[n+](CC2=C(C(=O)[O-])N3C(=O)[C@@H](CC(=O)/C(=N\OC(C)(C)C(=O)O)c4nsc(N)n4)[C@H]3SC2)n1C. The number of Topliss-reactive ketones (excluding diaryl/α,β-unsaturated/α-hetero) is 2. The number of fused-ring (bicyclic) bond motifs is 1. The molecule has 2 aliphatic rings. The Bertz CT molecular complexity index is 1810. The highest BCUT2D eigenvalue weighted by molar-refractivity contribution is 8.00. The predicted octanol–water partition coefficient (Wildman–Crippen LogP) is -0.729. The van der Waals surface area contributed by atoms with Crippen LogP contribution in [0.4, 0.5) is 5.13 Å². The molecule has 1 amide bonds. The van der Waals surface area contributed by atoms with Gasteiger partial charge in [0.15, 0.2) is 29.4 Å². The van der Waals surface area contributed by atoms with Gasteiger partial charge in [0.25, 0.3) is 0 Å². The molecule has 268 valence electrons. The molecular formula is C30H36N8O10S2. The number of hydrogen-bond acceptors (Lipinski definition) is 15. The number of hydrogen-bond donors (Lipinski definition) is 3. The highest BCUT2D eigenvalue weighted by atomic mass is 32.2. The maximum atomic E-state index is 13.4. The van der Waals surface area contributed by atoms with Crippen molar-refractivity contribution in [2.45, 2.75) is 70.4 Å². The fourth-order valence-corrected chi connectivity index (χ4v) is 6.99. The number of oxime groups is 1. The number of thioether (sulfide) groups is 1. The highest BCUT2D eigenvalue weighted by Crippen LogP contribution is 2.45. The number of carbonyl (C=O) groups is 6. The summed E-state index contributed by atoms with van der Waals surface area (Å²) in [5, 5.41) is 33.5. The van der Waals surface area contributed by atoms with Crippen molar-refractivity contribution in [2.24, 2.45) is 23.1 Å². The quantitative estimate of drug-likeness (QED) is 0.0561. The number of aromatic nitrogens is 4. The number of carboxylic acids is 3. The molecule has 20 heteroatoms. The zero-order valence-electron chi connectivity index (χ0n) is 27.7. The minimum Gasteiger partial charge on any atom is -0.543 e. The van der Waals surface area contributed by atoms with Crippen LogP contribution in [0.2, 0.25) is 0 Å². The highest BCUT2D eigenvalue weighted by Gasteiger charge is 2.53. The fourth-order valence-electron chi connectivity index (χ4n) is 5.15. The van der Waals surface area contributed by atoms with Gasteiger partial charge in [-0.3, -0.25) is 29.1 Å². The van der Waals surface area contributed by atoms with E-state index in [1.165, 1.54) is 31.8 Å². The van der Waals surface area contributed by atoms with E-state index in [0.717, 1.165) is 27.7 Å². The van der Waals surface area contributed by atoms with Gasteiger partial charge in [-0.1, -0.05) is 5.16 Å². The maximum Gasteiger partial charge on any atom is 0.350 e. The van der Waals surface area contributed by atoms with Crippen LogP contribution in [0, 0.1) is 12.8 Å². The Kier molecular flexibility index (Phi) is 11.9. The normalized spacial score (nSPS) is 17.9. The molecular weight excluding hydrogens is 697 g/mol. The minimum absolute atomic E-state index is 0.0185. The van der Waals surface area contributed by atoms with Crippen molar-refractivity contribution in [3.8, 4) is 0 Å². The van der Waals surface area contributed by atoms with E-state index >= 15 is 0 Å². The summed E-state index contributed by atoms with van der Waals surface area (Å²) in [4.78, 5) is 88.0. The van der Waals surface area contributed by atoms with E-state index in [-0.39, 0.29) is 54.0 Å². The third-order valence-electron chi connectivity index (χ3n) is 8.07. The Morgan fingerprint density at radius 2 is 1.98 bits per heavy atom. The number of carbonyl (C=O) groups excluding carboxylic acids is 4. The van der Waals surface area contributed by atoms with E-state index in [9.17, 15) is 39.0 Å². The van der Waals surface area contributed by atoms with Gasteiger partial charge in [-0.05, 0) is 27.2 Å². The molecule has 1 fully saturated rings. The molecule has 0 spiro atoms. The molecule has 2 aromatic heterocycles. The van der Waals surface area contributed by atoms with Crippen molar-refractivity contribution >= 4 is 75.7 Å². The molecule has 0 aliphatic carbocycles. The minimum atomic E-state index is -1.80. The summed E-state index contributed by atoms with van der Waals surface area (Å²) in [5.74, 6) is -6.17. The lowest BCUT2D eigenvalue weighted by molar-refractivity contribution is -0.767. The summed E-state index contributed by atoms with van der Waals surface area (Å²) in [7, 11) is 1.76. The number of aliphatic carboxylic acids is 3. The van der Waals surface area contributed by atoms with Gasteiger partial charge >= 0.3 is 11.9 Å². The number of nitrogens with two attached hydrogens (primary N) is 1. The van der Waals surface area contributed by atoms with Crippen molar-refractivity contribution in [3.63, 3.8) is 0 Å². The van der Waals surface area contributed by atoms with Crippen LogP contribution in [-0.2, 0) is 53.6 Å². The number of anilines is 1. The Morgan fingerprint density at radius 3 is 2.60 bits per heavy atom. The molecule has 2 aromatic rings. The first-order valence-corrected chi connectivity index (χ1v) is 17.1. The Balaban J connectivity index is 1.46. The molecule has 18 nitrogen and oxygen atoms in total. The van der Waals surface area contributed by atoms with E-state index in [2.05, 4.69) is 19.5 Å². The molecule has 0 aromatic carbocycles. The van der Waals surface area contributed by atoms with Crippen LogP contribution < -0.4 is 15.5 Å². The molecule has 0 bridgehead atoms. The lowest BCUT2D eigenvalue weighted by Gasteiger charge is -2.50. The Labute approximate surface area is 293 Å². The molecule has 1 saturated heterocycles. The average molecular weight is 733 g/mol. The number of nitrogen functional groups attached to an aromatic ring is 1. The Morgan fingerprint density at radius 1 is 1.26 bits per heavy atom. The van der Waals surface area contributed by atoms with Gasteiger partial charge in [0.05, 0.1) is 47.7 Å². The predicted molar refractivity (Wildman–Crippen MR) is 176 cm³/mol. The van der Waals surface area contributed by atoms with Crippen LogP contribution in [0.5, 0.6) is 0 Å². The average Bonchev–Trinajstić information content (AvgIpc) is 3.58. The van der Waals surface area contributed by atoms with E-state index in [1.807, 2.05) is 6.92 Å². The first kappa shape index (κ1) is 37.8. The van der Waals surface area contributed by atoms with Crippen LogP contribution in [0.15, 0.2) is 27.6 Å². The first-order valence-electron chi connectivity index (χ1n) is 15.3. The molecule has 0 saturated carbocycles. The zero-order chi connectivity index (χ0) is 36.9. The van der Waals surface area contributed by atoms with E-state index in [0.29, 0.717) is 18.5 Å². The summed E-state index contributed by atoms with van der Waals surface area (Å²) in [6, 6.07) is 0. The summed E-state index contributed by atoms with van der Waals surface area (Å²) < 4.78 is 7.49. The maximum absolute atomic E-state index is 13.4. The van der Waals surface area contributed by atoms with Crippen LogP contribution in [0.1, 0.15) is 56.6 Å². The second-order valence-electron chi connectivity index (χ2n) is 12.1. The number of β-lactam (4-membered cyclic amide) rings is 1. The molecule has 4 N–H and O–H groups in total. The third-order valence-corrected chi connectivity index (χ3v) is 10.0. The van der Waals surface area contributed by atoms with Crippen molar-refractivity contribution in [1.29, 1.82) is 0 Å². The van der Waals surface area contributed by atoms with Gasteiger partial charge in [0, 0.05) is 54.9 Å². The molecule has 0 unspecified atom stereocenters. The van der Waals surface area contributed by atoms with Crippen LogP contribution in [-0.4, -0.2) is 99.7 Å². The summed E-state index contributed by atoms with van der Waals surface area (Å²) in [6.07, 6.45) is 3.34. The number of aliphatic imine (C=N–C) groups is 1. The van der Waals surface area contributed by atoms with Crippen molar-refractivity contribution in [1.82, 2.24) is 18.9 Å². The molecule has 4 rings (SSSR count). The van der Waals surface area contributed by atoms with Crippen LogP contribution in [0.3, 0.4) is 0 Å². The molecule has 4 heterocycles. The fraction of sp³-hybridized carbons (Fsp3) is 0.500. The molecule has 0 radical (unpaired) electrons. The van der Waals surface area contributed by atoms with Gasteiger partial charge in [0.2, 0.25) is 17.3 Å². The second-order valence-corrected chi connectivity index (χ2v) is 13.9. The number of rotatable bonds is 18. The lowest BCUT2D eigenvalue weighted by Crippen LogP contribution is -2.63. The zero-order valence-corrected chi connectivity index (χ0v) is 29.3. The van der Waals surface area contributed by atoms with Gasteiger partial charge < -0.3 is 30.7 Å². The third kappa shape index (κ3) is 8.59. The van der Waals surface area contributed by atoms with Crippen molar-refractivity contribution in [2.75, 3.05) is 18.0 Å². The van der Waals surface area contributed by atoms with Crippen LogP contribution in [0.25, 0.3) is 0 Å². The summed E-state index contributed by atoms with van der Waals surface area (Å²) >= 11 is 2.05.